The summed E-state index contributed by atoms with van der Waals surface area (Å²) in [5.74, 6) is 0. The number of pyridine rings is 6. The van der Waals surface area contributed by atoms with E-state index in [2.05, 4.69) is 0 Å². The molecule has 20 heteroatoms. The summed E-state index contributed by atoms with van der Waals surface area (Å²) in [6.45, 7) is 0. The van der Waals surface area contributed by atoms with E-state index in [1.54, 1.807) is 0 Å². The molecule has 0 saturated carbocycles. The number of benzene rings is 1. The average Bonchev–Trinajstić information content (AvgIpc) is 3.09. The van der Waals surface area contributed by atoms with Gasteiger partial charge in [0.05, 0.1) is 34.2 Å². The van der Waals surface area contributed by atoms with Crippen LogP contribution in [0.3, 0.4) is 0 Å². The van der Waals surface area contributed by atoms with E-state index in [0.29, 0.717) is 0 Å². The van der Waals surface area contributed by atoms with Crippen molar-refractivity contribution >= 4 is 0 Å². The van der Waals surface area contributed by atoms with Gasteiger partial charge in [-0.1, -0.05) is 36.4 Å². The Bertz CT molecular complexity index is 1600. The molecule has 14 nitrogen and oxygen atoms in total. The molecule has 0 aliphatic heterocycles. The Balaban J connectivity index is -0.000000274. The fourth-order valence-electron chi connectivity index (χ4n) is 5.35. The molecular formula is C36H40Cl4Cu2N6O8. The number of aromatic nitrogens is 6. The average molecular weight is 954 g/mol. The molecule has 6 heterocycles. The molecule has 0 bridgehead atoms. The summed E-state index contributed by atoms with van der Waals surface area (Å²) in [6.07, 6.45) is 10.9. The molecule has 0 spiro atoms. The first-order chi connectivity index (χ1) is 20.9. The largest absolute Gasteiger partial charge is 2.00 e. The van der Waals surface area contributed by atoms with E-state index >= 15 is 0 Å². The zero-order valence-electron chi connectivity index (χ0n) is 28.7. The fourth-order valence-corrected chi connectivity index (χ4v) is 5.35. The summed E-state index contributed by atoms with van der Waals surface area (Å²) >= 11 is 0. The van der Waals surface area contributed by atoms with Crippen molar-refractivity contribution in [3.8, 4) is 67.5 Å². The normalized spacial score (nSPS) is 8.14. The third-order valence-electron chi connectivity index (χ3n) is 7.03. The van der Waals surface area contributed by atoms with Gasteiger partial charge in [-0.2, -0.15) is 0 Å². The third kappa shape index (κ3) is 14.2. The molecule has 0 aliphatic carbocycles. The Morgan fingerprint density at radius 1 is 0.214 bits per heavy atom. The van der Waals surface area contributed by atoms with Crippen molar-refractivity contribution in [2.45, 2.75) is 0 Å². The SMILES string of the molecule is O.O.O.O.O.O.O.O.[Cl-].[Cl-].[Cl-].[Cl-].[Cu+2].[Cu+2].c1ccc(-c2c(-c3ccccn3)c(-c3ccccn3)c(-c3ccccn3)c(-c3ccccn3)c2-c2ccccn2)nc1. The molecular weight excluding hydrogens is 913 g/mol. The molecule has 1 aromatic carbocycles. The zero-order valence-corrected chi connectivity index (χ0v) is 33.6. The van der Waals surface area contributed by atoms with E-state index < -0.39 is 0 Å². The standard InChI is InChI=1S/C36H24N6.4ClH.2Cu.8H2O/c1-7-19-37-25(13-1)31-32(26-14-2-8-20-38-26)34(28-16-4-10-22-40-28)36(30-18-6-12-24-42-30)35(29-17-5-11-23-41-29)33(31)27-15-3-9-21-39-27;;;;;;;;;;;;;;/h1-24H;4*1H;;;8*1H2/q;;;;;2*+2;;;;;;;;/p-4. The molecule has 0 saturated heterocycles. The Morgan fingerprint density at radius 2 is 0.339 bits per heavy atom. The molecule has 312 valence electrons. The van der Waals surface area contributed by atoms with Gasteiger partial charge < -0.3 is 93.4 Å². The van der Waals surface area contributed by atoms with Crippen LogP contribution in [0, 0.1) is 0 Å². The van der Waals surface area contributed by atoms with Gasteiger partial charge in [0.15, 0.2) is 0 Å². The van der Waals surface area contributed by atoms with E-state index in [-0.39, 0.29) is 128 Å². The van der Waals surface area contributed by atoms with Crippen molar-refractivity contribution in [1.82, 2.24) is 29.9 Å². The van der Waals surface area contributed by atoms with Crippen molar-refractivity contribution in [1.29, 1.82) is 0 Å². The van der Waals surface area contributed by atoms with Gasteiger partial charge >= 0.3 is 34.1 Å². The van der Waals surface area contributed by atoms with Crippen LogP contribution in [0.5, 0.6) is 0 Å². The molecule has 0 fully saturated rings. The van der Waals surface area contributed by atoms with Crippen LogP contribution in [0.25, 0.3) is 67.5 Å². The molecule has 2 radical (unpaired) electrons. The minimum atomic E-state index is 0. The first-order valence-electron chi connectivity index (χ1n) is 13.6. The summed E-state index contributed by atoms with van der Waals surface area (Å²) in [6, 6.07) is 35.7. The van der Waals surface area contributed by atoms with Crippen LogP contribution in [0.1, 0.15) is 0 Å². The van der Waals surface area contributed by atoms with Crippen molar-refractivity contribution in [3.05, 3.63) is 146 Å². The Labute approximate surface area is 369 Å². The van der Waals surface area contributed by atoms with Gasteiger partial charge in [-0.25, -0.2) is 0 Å². The molecule has 6 aromatic heterocycles. The molecule has 0 amide bonds. The molecule has 7 aromatic rings. The number of hydrogen-bond acceptors (Lipinski definition) is 6. The van der Waals surface area contributed by atoms with E-state index in [4.69, 9.17) is 29.9 Å². The second-order valence-electron chi connectivity index (χ2n) is 9.54. The maximum Gasteiger partial charge on any atom is 2.00 e. The van der Waals surface area contributed by atoms with Crippen molar-refractivity contribution in [3.63, 3.8) is 0 Å². The minimum Gasteiger partial charge on any atom is -1.00 e. The third-order valence-corrected chi connectivity index (χ3v) is 7.03. The first kappa shape index (κ1) is 69.9. The Morgan fingerprint density at radius 3 is 0.429 bits per heavy atom. The van der Waals surface area contributed by atoms with Gasteiger partial charge in [0, 0.05) is 70.6 Å². The van der Waals surface area contributed by atoms with Crippen LogP contribution in [-0.4, -0.2) is 73.7 Å². The van der Waals surface area contributed by atoms with Gasteiger partial charge in [-0.15, -0.1) is 0 Å². The monoisotopic (exact) mass is 950 g/mol. The van der Waals surface area contributed by atoms with Crippen molar-refractivity contribution in [2.75, 3.05) is 0 Å². The van der Waals surface area contributed by atoms with Gasteiger partial charge in [0.2, 0.25) is 0 Å². The van der Waals surface area contributed by atoms with Crippen molar-refractivity contribution in [2.24, 2.45) is 0 Å². The Hall–Kier alpha value is -4.00. The smallest absolute Gasteiger partial charge is 1.00 e. The molecule has 56 heavy (non-hydrogen) atoms. The quantitative estimate of drug-likeness (QED) is 0.146. The Kier molecular flexibility index (Phi) is 41.4. The molecule has 0 aliphatic rings. The van der Waals surface area contributed by atoms with Crippen LogP contribution in [0.2, 0.25) is 0 Å². The maximum absolute atomic E-state index is 4.88. The van der Waals surface area contributed by atoms with E-state index in [1.165, 1.54) is 0 Å². The first-order valence-corrected chi connectivity index (χ1v) is 13.6. The summed E-state index contributed by atoms with van der Waals surface area (Å²) in [4.78, 5) is 29.3. The van der Waals surface area contributed by atoms with Crippen LogP contribution in [0.15, 0.2) is 146 Å². The molecule has 0 unspecified atom stereocenters. The summed E-state index contributed by atoms with van der Waals surface area (Å²) < 4.78 is 0. The summed E-state index contributed by atoms with van der Waals surface area (Å²) in [7, 11) is 0. The van der Waals surface area contributed by atoms with Gasteiger partial charge in [0.25, 0.3) is 0 Å². The fraction of sp³-hybridized carbons (Fsp3) is 0. The minimum absolute atomic E-state index is 0. The molecule has 7 rings (SSSR count). The number of halogens is 4. The number of nitrogens with zero attached hydrogens (tertiary/aromatic N) is 6. The number of rotatable bonds is 6. The predicted octanol–water partition coefficient (Wildman–Crippen LogP) is -10.5. The number of hydrogen-bond donors (Lipinski definition) is 0. The van der Waals surface area contributed by atoms with Gasteiger partial charge in [-0.3, -0.25) is 29.9 Å². The van der Waals surface area contributed by atoms with Gasteiger partial charge in [-0.05, 0) is 72.8 Å². The van der Waals surface area contributed by atoms with E-state index in [1.807, 2.05) is 146 Å². The van der Waals surface area contributed by atoms with Crippen molar-refractivity contribution < 1.29 is 128 Å². The van der Waals surface area contributed by atoms with E-state index in [9.17, 15) is 0 Å². The summed E-state index contributed by atoms with van der Waals surface area (Å²) in [5, 5.41) is 0. The molecule has 16 N–H and O–H groups in total. The van der Waals surface area contributed by atoms with Crippen LogP contribution >= 0.6 is 0 Å². The van der Waals surface area contributed by atoms with Crippen LogP contribution in [-0.2, 0) is 34.1 Å². The maximum atomic E-state index is 4.88. The summed E-state index contributed by atoms with van der Waals surface area (Å²) in [5.41, 5.74) is 10.1. The predicted molar refractivity (Wildman–Crippen MR) is 195 cm³/mol. The van der Waals surface area contributed by atoms with Crippen LogP contribution < -0.4 is 49.6 Å². The van der Waals surface area contributed by atoms with Gasteiger partial charge in [0.1, 0.15) is 0 Å². The molecule has 0 atom stereocenters. The zero-order chi connectivity index (χ0) is 28.1. The second kappa shape index (κ2) is 33.2. The van der Waals surface area contributed by atoms with Crippen LogP contribution in [0.4, 0.5) is 0 Å². The van der Waals surface area contributed by atoms with E-state index in [0.717, 1.165) is 67.5 Å². The topological polar surface area (TPSA) is 329 Å². The second-order valence-corrected chi connectivity index (χ2v) is 9.54.